The third-order valence-corrected chi connectivity index (χ3v) is 4.55. The first-order valence-electron chi connectivity index (χ1n) is 6.48. The van der Waals surface area contributed by atoms with Crippen molar-refractivity contribution in [2.75, 3.05) is 13.1 Å². The highest BCUT2D eigenvalue weighted by Gasteiger charge is 2.16. The summed E-state index contributed by atoms with van der Waals surface area (Å²) in [6.45, 7) is 0.968. The van der Waals surface area contributed by atoms with Crippen LogP contribution in [-0.2, 0) is 22.7 Å². The van der Waals surface area contributed by atoms with Gasteiger partial charge in [0, 0.05) is 9.75 Å². The zero-order chi connectivity index (χ0) is 15.1. The Balaban J connectivity index is 2.00. The first kappa shape index (κ1) is 15.7. The van der Waals surface area contributed by atoms with Gasteiger partial charge in [-0.15, -0.1) is 22.7 Å². The first-order valence-corrected chi connectivity index (χ1v) is 8.24. The molecule has 0 aliphatic heterocycles. The molecule has 0 aliphatic carbocycles. The molecule has 2 amide bonds. The summed E-state index contributed by atoms with van der Waals surface area (Å²) in [5.41, 5.74) is 5.22. The molecule has 0 radical (unpaired) electrons. The normalized spacial score (nSPS) is 10.3. The van der Waals surface area contributed by atoms with Gasteiger partial charge in [0.05, 0.1) is 26.2 Å². The Morgan fingerprint density at radius 2 is 1.67 bits per heavy atom. The van der Waals surface area contributed by atoms with Crippen molar-refractivity contribution in [2.45, 2.75) is 13.1 Å². The molecule has 0 fully saturated rings. The van der Waals surface area contributed by atoms with Crippen molar-refractivity contribution in [2.24, 2.45) is 5.73 Å². The molecule has 0 spiro atoms. The number of nitrogens with one attached hydrogen (secondary N) is 1. The molecule has 0 aliphatic rings. The highest BCUT2D eigenvalue weighted by molar-refractivity contribution is 7.10. The van der Waals surface area contributed by atoms with Crippen LogP contribution in [0.15, 0.2) is 35.0 Å². The molecular formula is C14H17N3O2S2. The summed E-state index contributed by atoms with van der Waals surface area (Å²) in [4.78, 5) is 27.4. The largest absolute Gasteiger partial charge is 0.346 e. The zero-order valence-corrected chi connectivity index (χ0v) is 13.1. The van der Waals surface area contributed by atoms with E-state index in [1.807, 2.05) is 35.0 Å². The Kier molecular flexibility index (Phi) is 5.91. The first-order chi connectivity index (χ1) is 10.2. The quantitative estimate of drug-likeness (QED) is 0.809. The fraction of sp³-hybridized carbons (Fsp3) is 0.286. The number of hydrogen-bond acceptors (Lipinski definition) is 5. The molecule has 5 nitrogen and oxygen atoms in total. The third kappa shape index (κ3) is 4.96. The van der Waals surface area contributed by atoms with Crippen LogP contribution in [0, 0.1) is 0 Å². The van der Waals surface area contributed by atoms with E-state index in [-0.39, 0.29) is 24.9 Å². The van der Waals surface area contributed by atoms with Gasteiger partial charge in [-0.1, -0.05) is 12.1 Å². The van der Waals surface area contributed by atoms with E-state index >= 15 is 0 Å². The van der Waals surface area contributed by atoms with E-state index in [4.69, 9.17) is 5.73 Å². The third-order valence-electron chi connectivity index (χ3n) is 2.83. The van der Waals surface area contributed by atoms with Crippen LogP contribution in [0.3, 0.4) is 0 Å². The molecule has 0 saturated carbocycles. The number of carbonyl (C=O) groups excluding carboxylic acids is 2. The minimum atomic E-state index is -0.324. The van der Waals surface area contributed by atoms with E-state index in [1.54, 1.807) is 27.6 Å². The number of hydrogen-bond donors (Lipinski definition) is 2. The zero-order valence-electron chi connectivity index (χ0n) is 11.5. The van der Waals surface area contributed by atoms with Gasteiger partial charge in [-0.25, -0.2) is 0 Å². The summed E-state index contributed by atoms with van der Waals surface area (Å²) in [6.07, 6.45) is 0. The van der Waals surface area contributed by atoms with Crippen molar-refractivity contribution in [3.8, 4) is 0 Å². The fourth-order valence-electron chi connectivity index (χ4n) is 1.77. The summed E-state index contributed by atoms with van der Waals surface area (Å²) in [5.74, 6) is -0.436. The van der Waals surface area contributed by atoms with Crippen molar-refractivity contribution in [3.63, 3.8) is 0 Å². The van der Waals surface area contributed by atoms with Gasteiger partial charge in [0.15, 0.2) is 0 Å². The highest BCUT2D eigenvalue weighted by atomic mass is 32.1. The predicted molar refractivity (Wildman–Crippen MR) is 85.0 cm³/mol. The maximum Gasteiger partial charge on any atom is 0.242 e. The molecule has 112 valence electrons. The van der Waals surface area contributed by atoms with Crippen LogP contribution in [0.25, 0.3) is 0 Å². The van der Waals surface area contributed by atoms with Crippen LogP contribution in [0.1, 0.15) is 9.75 Å². The lowest BCUT2D eigenvalue weighted by Gasteiger charge is -2.21. The highest BCUT2D eigenvalue weighted by Crippen LogP contribution is 2.17. The lowest BCUT2D eigenvalue weighted by atomic mass is 10.3. The maximum atomic E-state index is 12.3. The number of amides is 2. The second-order valence-electron chi connectivity index (χ2n) is 4.39. The molecule has 7 heteroatoms. The van der Waals surface area contributed by atoms with Gasteiger partial charge < -0.3 is 16.0 Å². The fourth-order valence-corrected chi connectivity index (χ4v) is 3.21. The van der Waals surface area contributed by atoms with Gasteiger partial charge in [-0.05, 0) is 22.9 Å². The van der Waals surface area contributed by atoms with Gasteiger partial charge >= 0.3 is 0 Å². The number of thiophene rings is 2. The van der Waals surface area contributed by atoms with Gasteiger partial charge in [0.1, 0.15) is 0 Å². The van der Waals surface area contributed by atoms with Crippen LogP contribution in [0.5, 0.6) is 0 Å². The molecule has 0 unspecified atom stereocenters. The van der Waals surface area contributed by atoms with Crippen LogP contribution < -0.4 is 11.1 Å². The van der Waals surface area contributed by atoms with Gasteiger partial charge in [0.2, 0.25) is 11.8 Å². The number of carbonyl (C=O) groups is 2. The van der Waals surface area contributed by atoms with Crippen molar-refractivity contribution in [3.05, 3.63) is 44.8 Å². The van der Waals surface area contributed by atoms with Gasteiger partial charge in [-0.2, -0.15) is 0 Å². The Labute approximate surface area is 131 Å². The molecule has 2 aromatic rings. The SMILES string of the molecule is NCC(=O)NCC(=O)N(Cc1cccs1)Cc1cccs1. The topological polar surface area (TPSA) is 75.4 Å². The van der Waals surface area contributed by atoms with Crippen molar-refractivity contribution < 1.29 is 9.59 Å². The minimum Gasteiger partial charge on any atom is -0.346 e. The average molecular weight is 323 g/mol. The Morgan fingerprint density at radius 1 is 1.10 bits per heavy atom. The van der Waals surface area contributed by atoms with Crippen molar-refractivity contribution in [1.82, 2.24) is 10.2 Å². The molecule has 0 bridgehead atoms. The number of rotatable bonds is 7. The van der Waals surface area contributed by atoms with Gasteiger partial charge in [-0.3, -0.25) is 9.59 Å². The smallest absolute Gasteiger partial charge is 0.242 e. The van der Waals surface area contributed by atoms with Crippen LogP contribution in [0.2, 0.25) is 0 Å². The summed E-state index contributed by atoms with van der Waals surface area (Å²) >= 11 is 3.22. The Morgan fingerprint density at radius 3 is 2.10 bits per heavy atom. The molecule has 0 saturated heterocycles. The molecular weight excluding hydrogens is 306 g/mol. The van der Waals surface area contributed by atoms with E-state index < -0.39 is 0 Å². The van der Waals surface area contributed by atoms with Crippen LogP contribution in [0.4, 0.5) is 0 Å². The lowest BCUT2D eigenvalue weighted by molar-refractivity contribution is -0.133. The standard InChI is InChI=1S/C14H17N3O2S2/c15-7-13(18)16-8-14(19)17(9-11-3-1-5-20-11)10-12-4-2-6-21-12/h1-6H,7-10,15H2,(H,16,18). The Hall–Kier alpha value is -1.70. The molecule has 2 rings (SSSR count). The monoisotopic (exact) mass is 323 g/mol. The summed E-state index contributed by atoms with van der Waals surface area (Å²) in [7, 11) is 0. The predicted octanol–water partition coefficient (Wildman–Crippen LogP) is 1.41. The molecule has 3 N–H and O–H groups in total. The molecule has 0 aromatic carbocycles. The van der Waals surface area contributed by atoms with Crippen LogP contribution >= 0.6 is 22.7 Å². The second kappa shape index (κ2) is 7.92. The van der Waals surface area contributed by atoms with E-state index in [0.717, 1.165) is 9.75 Å². The second-order valence-corrected chi connectivity index (χ2v) is 6.45. The summed E-state index contributed by atoms with van der Waals surface area (Å²) in [5, 5.41) is 6.49. The number of nitrogens with two attached hydrogens (primary N) is 1. The average Bonchev–Trinajstić information content (AvgIpc) is 3.17. The van der Waals surface area contributed by atoms with E-state index in [2.05, 4.69) is 5.32 Å². The van der Waals surface area contributed by atoms with Gasteiger partial charge in [0.25, 0.3) is 0 Å². The van der Waals surface area contributed by atoms with Crippen LogP contribution in [-0.4, -0.2) is 29.8 Å². The lowest BCUT2D eigenvalue weighted by Crippen LogP contribution is -2.41. The maximum absolute atomic E-state index is 12.3. The van der Waals surface area contributed by atoms with Crippen molar-refractivity contribution in [1.29, 1.82) is 0 Å². The summed E-state index contributed by atoms with van der Waals surface area (Å²) in [6, 6.07) is 7.92. The van der Waals surface area contributed by atoms with E-state index in [9.17, 15) is 9.59 Å². The van der Waals surface area contributed by atoms with E-state index in [1.165, 1.54) is 0 Å². The Bertz CT molecular complexity index is 531. The molecule has 2 heterocycles. The molecule has 0 atom stereocenters. The molecule has 2 aromatic heterocycles. The minimum absolute atomic E-state index is 0.0210. The van der Waals surface area contributed by atoms with Crippen molar-refractivity contribution >= 4 is 34.5 Å². The summed E-state index contributed by atoms with van der Waals surface area (Å²) < 4.78 is 0. The van der Waals surface area contributed by atoms with E-state index in [0.29, 0.717) is 13.1 Å². The number of nitrogens with zero attached hydrogens (tertiary/aromatic N) is 1. The molecule has 21 heavy (non-hydrogen) atoms.